The van der Waals surface area contributed by atoms with Gasteiger partial charge < -0.3 is 14.8 Å². The molecule has 0 bridgehead atoms. The first-order valence-corrected chi connectivity index (χ1v) is 10.1. The SMILES string of the molecule is CN1CCN(c2nc(-c3c[nH]c4ncc(-c5ccccc5)cc34)cs2)CC1. The Bertz CT molecular complexity index is 1060. The van der Waals surface area contributed by atoms with E-state index in [0.29, 0.717) is 0 Å². The number of hydrogen-bond donors (Lipinski definition) is 1. The van der Waals surface area contributed by atoms with Crippen LogP contribution >= 0.6 is 11.3 Å². The molecule has 0 saturated carbocycles. The fourth-order valence-corrected chi connectivity index (χ4v) is 4.41. The van der Waals surface area contributed by atoms with E-state index in [-0.39, 0.29) is 0 Å². The van der Waals surface area contributed by atoms with Crippen LogP contribution in [0.15, 0.2) is 54.2 Å². The smallest absolute Gasteiger partial charge is 0.185 e. The lowest BCUT2D eigenvalue weighted by Gasteiger charge is -2.32. The predicted molar refractivity (Wildman–Crippen MR) is 112 cm³/mol. The molecule has 1 aromatic carbocycles. The second-order valence-electron chi connectivity index (χ2n) is 6.99. The molecule has 0 unspecified atom stereocenters. The van der Waals surface area contributed by atoms with Crippen molar-refractivity contribution >= 4 is 27.5 Å². The molecule has 6 heteroatoms. The zero-order valence-corrected chi connectivity index (χ0v) is 16.0. The van der Waals surface area contributed by atoms with Crippen LogP contribution in [0.25, 0.3) is 33.4 Å². The first-order chi connectivity index (χ1) is 13.3. The van der Waals surface area contributed by atoms with Crippen LogP contribution in [0, 0.1) is 0 Å². The first kappa shape index (κ1) is 16.5. The number of fused-ring (bicyclic) bond motifs is 1. The van der Waals surface area contributed by atoms with Crippen molar-refractivity contribution in [2.24, 2.45) is 0 Å². The van der Waals surface area contributed by atoms with Gasteiger partial charge in [-0.25, -0.2) is 9.97 Å². The summed E-state index contributed by atoms with van der Waals surface area (Å²) in [4.78, 5) is 17.6. The molecule has 1 saturated heterocycles. The van der Waals surface area contributed by atoms with Crippen molar-refractivity contribution in [2.45, 2.75) is 0 Å². The van der Waals surface area contributed by atoms with E-state index in [4.69, 9.17) is 4.98 Å². The monoisotopic (exact) mass is 375 g/mol. The highest BCUT2D eigenvalue weighted by molar-refractivity contribution is 7.14. The van der Waals surface area contributed by atoms with Crippen LogP contribution in [0.4, 0.5) is 5.13 Å². The van der Waals surface area contributed by atoms with E-state index in [9.17, 15) is 0 Å². The normalized spacial score (nSPS) is 15.5. The minimum atomic E-state index is 0.902. The predicted octanol–water partition coefficient (Wildman–Crippen LogP) is 4.11. The van der Waals surface area contributed by atoms with E-state index < -0.39 is 0 Å². The number of hydrogen-bond acceptors (Lipinski definition) is 5. The van der Waals surface area contributed by atoms with Crippen LogP contribution in [0.5, 0.6) is 0 Å². The number of nitrogens with zero attached hydrogens (tertiary/aromatic N) is 4. The topological polar surface area (TPSA) is 48.0 Å². The highest BCUT2D eigenvalue weighted by atomic mass is 32.1. The van der Waals surface area contributed by atoms with Gasteiger partial charge in [0.25, 0.3) is 0 Å². The summed E-state index contributed by atoms with van der Waals surface area (Å²) in [6, 6.07) is 12.6. The Hall–Kier alpha value is -2.70. The van der Waals surface area contributed by atoms with E-state index >= 15 is 0 Å². The van der Waals surface area contributed by atoms with Gasteiger partial charge in [-0.2, -0.15) is 0 Å². The second-order valence-corrected chi connectivity index (χ2v) is 7.83. The Balaban J connectivity index is 1.50. The number of rotatable bonds is 3. The minimum Gasteiger partial charge on any atom is -0.346 e. The van der Waals surface area contributed by atoms with Gasteiger partial charge >= 0.3 is 0 Å². The van der Waals surface area contributed by atoms with Crippen molar-refractivity contribution in [3.8, 4) is 22.4 Å². The fourth-order valence-electron chi connectivity index (χ4n) is 3.53. The maximum absolute atomic E-state index is 4.93. The zero-order valence-electron chi connectivity index (χ0n) is 15.2. The van der Waals surface area contributed by atoms with Crippen molar-refractivity contribution < 1.29 is 0 Å². The lowest BCUT2D eigenvalue weighted by molar-refractivity contribution is 0.313. The van der Waals surface area contributed by atoms with Crippen molar-refractivity contribution in [3.63, 3.8) is 0 Å². The summed E-state index contributed by atoms with van der Waals surface area (Å²) in [6.07, 6.45) is 3.95. The second kappa shape index (κ2) is 6.79. The van der Waals surface area contributed by atoms with Crippen LogP contribution in [0.3, 0.4) is 0 Å². The summed E-state index contributed by atoms with van der Waals surface area (Å²) in [5, 5.41) is 4.39. The van der Waals surface area contributed by atoms with Crippen LogP contribution in [-0.2, 0) is 0 Å². The molecule has 3 aromatic heterocycles. The van der Waals surface area contributed by atoms with Crippen LogP contribution in [0.2, 0.25) is 0 Å². The van der Waals surface area contributed by atoms with Gasteiger partial charge in [0.2, 0.25) is 0 Å². The average Bonchev–Trinajstić information content (AvgIpc) is 3.35. The number of anilines is 1. The highest BCUT2D eigenvalue weighted by Crippen LogP contribution is 2.33. The number of aromatic nitrogens is 3. The third-order valence-corrected chi connectivity index (χ3v) is 6.08. The van der Waals surface area contributed by atoms with Crippen LogP contribution in [-0.4, -0.2) is 53.1 Å². The Labute approximate surface area is 162 Å². The summed E-state index contributed by atoms with van der Waals surface area (Å²) >= 11 is 1.73. The Morgan fingerprint density at radius 2 is 1.85 bits per heavy atom. The minimum absolute atomic E-state index is 0.902. The molecule has 4 heterocycles. The van der Waals surface area contributed by atoms with Gasteiger partial charge in [0, 0.05) is 60.5 Å². The Morgan fingerprint density at radius 1 is 1.04 bits per heavy atom. The lowest BCUT2D eigenvalue weighted by atomic mass is 10.1. The fraction of sp³-hybridized carbons (Fsp3) is 0.238. The molecule has 1 aliphatic heterocycles. The number of piperazine rings is 1. The molecule has 27 heavy (non-hydrogen) atoms. The number of benzene rings is 1. The molecule has 1 fully saturated rings. The summed E-state index contributed by atoms with van der Waals surface area (Å²) in [7, 11) is 2.17. The van der Waals surface area contributed by atoms with Gasteiger partial charge in [-0.05, 0) is 18.7 Å². The Kier molecular flexibility index (Phi) is 4.14. The number of aromatic amines is 1. The number of nitrogens with one attached hydrogen (secondary N) is 1. The van der Waals surface area contributed by atoms with Gasteiger partial charge in [0.15, 0.2) is 5.13 Å². The van der Waals surface area contributed by atoms with Gasteiger partial charge in [-0.3, -0.25) is 0 Å². The van der Waals surface area contributed by atoms with Gasteiger partial charge in [-0.1, -0.05) is 30.3 Å². The third kappa shape index (κ3) is 3.11. The maximum Gasteiger partial charge on any atom is 0.185 e. The molecule has 0 radical (unpaired) electrons. The van der Waals surface area contributed by atoms with Crippen molar-refractivity contribution in [3.05, 3.63) is 54.2 Å². The first-order valence-electron chi connectivity index (χ1n) is 9.20. The molecule has 0 aliphatic carbocycles. The van der Waals surface area contributed by atoms with E-state index in [0.717, 1.165) is 59.2 Å². The maximum atomic E-state index is 4.93. The summed E-state index contributed by atoms with van der Waals surface area (Å²) < 4.78 is 0. The Morgan fingerprint density at radius 3 is 2.67 bits per heavy atom. The standard InChI is InChI=1S/C21H21N5S/c1-25-7-9-26(10-8-25)21-24-19(14-27-21)18-13-23-20-17(18)11-16(12-22-20)15-5-3-2-4-6-15/h2-6,11-14H,7-10H2,1H3,(H,22,23). The van der Waals surface area contributed by atoms with E-state index in [2.05, 4.69) is 62.5 Å². The highest BCUT2D eigenvalue weighted by Gasteiger charge is 2.18. The molecule has 1 aliphatic rings. The molecular formula is C21H21N5S. The van der Waals surface area contributed by atoms with Crippen LogP contribution < -0.4 is 4.90 Å². The van der Waals surface area contributed by atoms with E-state index in [1.165, 1.54) is 5.56 Å². The van der Waals surface area contributed by atoms with Gasteiger partial charge in [0.1, 0.15) is 5.65 Å². The molecule has 1 N–H and O–H groups in total. The number of likely N-dealkylation sites (N-methyl/N-ethyl adjacent to an activating group) is 1. The third-order valence-electron chi connectivity index (χ3n) is 5.18. The van der Waals surface area contributed by atoms with Gasteiger partial charge in [0.05, 0.1) is 5.69 Å². The van der Waals surface area contributed by atoms with E-state index in [1.807, 2.05) is 18.5 Å². The molecule has 0 spiro atoms. The molecular weight excluding hydrogens is 354 g/mol. The number of thiazole rings is 1. The van der Waals surface area contributed by atoms with E-state index in [1.54, 1.807) is 11.3 Å². The number of pyridine rings is 1. The number of H-pyrrole nitrogens is 1. The molecule has 5 rings (SSSR count). The zero-order chi connectivity index (χ0) is 18.2. The quantitative estimate of drug-likeness (QED) is 0.586. The molecule has 5 nitrogen and oxygen atoms in total. The van der Waals surface area contributed by atoms with Crippen molar-refractivity contribution in [2.75, 3.05) is 38.1 Å². The van der Waals surface area contributed by atoms with Crippen LogP contribution in [0.1, 0.15) is 0 Å². The molecule has 4 aromatic rings. The van der Waals surface area contributed by atoms with Gasteiger partial charge in [-0.15, -0.1) is 11.3 Å². The largest absolute Gasteiger partial charge is 0.346 e. The average molecular weight is 376 g/mol. The lowest BCUT2D eigenvalue weighted by Crippen LogP contribution is -2.44. The molecule has 136 valence electrons. The molecule has 0 amide bonds. The molecule has 0 atom stereocenters. The van der Waals surface area contributed by atoms with Crippen molar-refractivity contribution in [1.82, 2.24) is 19.9 Å². The summed E-state index contributed by atoms with van der Waals surface area (Å²) in [5.74, 6) is 0. The van der Waals surface area contributed by atoms with Crippen molar-refractivity contribution in [1.29, 1.82) is 0 Å². The summed E-state index contributed by atoms with van der Waals surface area (Å²) in [5.41, 5.74) is 5.34. The summed E-state index contributed by atoms with van der Waals surface area (Å²) in [6.45, 7) is 4.26.